The first-order chi connectivity index (χ1) is 13.6. The second-order valence-corrected chi connectivity index (χ2v) is 7.91. The molecule has 1 atom stereocenters. The highest BCUT2D eigenvalue weighted by atomic mass is 16.5. The standard InChI is InChI=1S/C24H29NO3/c1-18-5-3-4-6-19(18)10-13-25-14-16-28-15-12-24(25)11-9-20-17-21(27-2)7-8-22(20)23(24)26/h3-8,17H,9-16H2,1-2H3. The Balaban J connectivity index is 1.62. The third-order valence-electron chi connectivity index (χ3n) is 6.47. The van der Waals surface area contributed by atoms with Crippen molar-refractivity contribution in [1.82, 2.24) is 4.90 Å². The highest BCUT2D eigenvalue weighted by molar-refractivity contribution is 6.05. The molecule has 1 heterocycles. The Kier molecular flexibility index (Phi) is 5.51. The van der Waals surface area contributed by atoms with Crippen molar-refractivity contribution < 1.29 is 14.3 Å². The zero-order valence-electron chi connectivity index (χ0n) is 16.9. The Bertz CT molecular complexity index is 863. The number of ether oxygens (including phenoxy) is 2. The van der Waals surface area contributed by atoms with Crippen molar-refractivity contribution in [1.29, 1.82) is 0 Å². The Labute approximate surface area is 167 Å². The van der Waals surface area contributed by atoms with Gasteiger partial charge in [0.25, 0.3) is 0 Å². The number of carbonyl (C=O) groups is 1. The molecule has 1 fully saturated rings. The number of hydrogen-bond acceptors (Lipinski definition) is 4. The fourth-order valence-corrected chi connectivity index (χ4v) is 4.73. The third kappa shape index (κ3) is 3.47. The third-order valence-corrected chi connectivity index (χ3v) is 6.47. The summed E-state index contributed by atoms with van der Waals surface area (Å²) in [4.78, 5) is 16.1. The van der Waals surface area contributed by atoms with Gasteiger partial charge in [-0.05, 0) is 67.5 Å². The summed E-state index contributed by atoms with van der Waals surface area (Å²) in [5, 5.41) is 0. The van der Waals surface area contributed by atoms with E-state index in [0.717, 1.165) is 55.6 Å². The lowest BCUT2D eigenvalue weighted by Gasteiger charge is -2.44. The minimum Gasteiger partial charge on any atom is -0.497 e. The van der Waals surface area contributed by atoms with E-state index in [1.165, 1.54) is 11.1 Å². The van der Waals surface area contributed by atoms with E-state index in [0.29, 0.717) is 13.2 Å². The van der Waals surface area contributed by atoms with Crippen LogP contribution in [-0.4, -0.2) is 49.6 Å². The summed E-state index contributed by atoms with van der Waals surface area (Å²) in [6, 6.07) is 14.4. The van der Waals surface area contributed by atoms with E-state index in [1.54, 1.807) is 7.11 Å². The topological polar surface area (TPSA) is 38.8 Å². The molecule has 2 aromatic rings. The molecule has 4 heteroatoms. The van der Waals surface area contributed by atoms with Crippen LogP contribution in [0, 0.1) is 6.92 Å². The molecule has 0 N–H and O–H groups in total. The number of methoxy groups -OCH3 is 1. The van der Waals surface area contributed by atoms with Gasteiger partial charge in [-0.3, -0.25) is 9.69 Å². The maximum Gasteiger partial charge on any atom is 0.183 e. The lowest BCUT2D eigenvalue weighted by molar-refractivity contribution is 0.0494. The summed E-state index contributed by atoms with van der Waals surface area (Å²) in [6.07, 6.45) is 3.48. The number of nitrogens with zero attached hydrogens (tertiary/aromatic N) is 1. The fraction of sp³-hybridized carbons (Fsp3) is 0.458. The lowest BCUT2D eigenvalue weighted by Crippen LogP contribution is -2.57. The Morgan fingerprint density at radius 1 is 1.14 bits per heavy atom. The SMILES string of the molecule is COc1ccc2c(c1)CCC1(CCOCCN1CCc1ccccc1C)C2=O. The summed E-state index contributed by atoms with van der Waals surface area (Å²) in [5.74, 6) is 1.08. The second kappa shape index (κ2) is 8.06. The van der Waals surface area contributed by atoms with Gasteiger partial charge in [0.05, 0.1) is 19.3 Å². The maximum absolute atomic E-state index is 13.7. The van der Waals surface area contributed by atoms with E-state index < -0.39 is 5.54 Å². The van der Waals surface area contributed by atoms with Gasteiger partial charge in [0, 0.05) is 25.3 Å². The van der Waals surface area contributed by atoms with Crippen LogP contribution in [0.5, 0.6) is 5.75 Å². The average molecular weight is 380 g/mol. The number of Topliss-reactive ketones (excluding diaryl/α,β-unsaturated/α-hetero) is 1. The fourth-order valence-electron chi connectivity index (χ4n) is 4.73. The minimum absolute atomic E-state index is 0.256. The van der Waals surface area contributed by atoms with Gasteiger partial charge in [0.1, 0.15) is 5.75 Å². The quantitative estimate of drug-likeness (QED) is 0.809. The molecule has 148 valence electrons. The van der Waals surface area contributed by atoms with Crippen molar-refractivity contribution in [3.63, 3.8) is 0 Å². The number of fused-ring (bicyclic) bond motifs is 1. The molecular weight excluding hydrogens is 350 g/mol. The number of rotatable bonds is 4. The number of hydrogen-bond donors (Lipinski definition) is 0. The van der Waals surface area contributed by atoms with Crippen LogP contribution >= 0.6 is 0 Å². The van der Waals surface area contributed by atoms with E-state index in [9.17, 15) is 4.79 Å². The number of carbonyl (C=O) groups excluding carboxylic acids is 1. The van der Waals surface area contributed by atoms with Gasteiger partial charge in [0.15, 0.2) is 5.78 Å². The molecule has 28 heavy (non-hydrogen) atoms. The van der Waals surface area contributed by atoms with E-state index in [-0.39, 0.29) is 5.78 Å². The van der Waals surface area contributed by atoms with E-state index in [4.69, 9.17) is 9.47 Å². The summed E-state index contributed by atoms with van der Waals surface area (Å²) < 4.78 is 11.1. The smallest absolute Gasteiger partial charge is 0.183 e. The van der Waals surface area contributed by atoms with Crippen LogP contribution in [0.2, 0.25) is 0 Å². The van der Waals surface area contributed by atoms with Crippen molar-refractivity contribution in [2.45, 2.75) is 38.1 Å². The monoisotopic (exact) mass is 379 g/mol. The Morgan fingerprint density at radius 2 is 2.00 bits per heavy atom. The van der Waals surface area contributed by atoms with Crippen LogP contribution in [0.3, 0.4) is 0 Å². The maximum atomic E-state index is 13.7. The van der Waals surface area contributed by atoms with Gasteiger partial charge in [-0.15, -0.1) is 0 Å². The van der Waals surface area contributed by atoms with Crippen molar-refractivity contribution in [2.24, 2.45) is 0 Å². The summed E-state index contributed by atoms with van der Waals surface area (Å²) in [5.41, 5.74) is 4.20. The first-order valence-corrected chi connectivity index (χ1v) is 10.2. The van der Waals surface area contributed by atoms with Gasteiger partial charge in [-0.25, -0.2) is 0 Å². The molecule has 2 aliphatic rings. The van der Waals surface area contributed by atoms with Crippen LogP contribution < -0.4 is 4.74 Å². The van der Waals surface area contributed by atoms with Gasteiger partial charge in [-0.1, -0.05) is 24.3 Å². The van der Waals surface area contributed by atoms with Gasteiger partial charge in [-0.2, -0.15) is 0 Å². The Morgan fingerprint density at radius 3 is 2.82 bits per heavy atom. The van der Waals surface area contributed by atoms with Crippen molar-refractivity contribution >= 4 is 5.78 Å². The van der Waals surface area contributed by atoms with Gasteiger partial charge in [0.2, 0.25) is 0 Å². The first-order valence-electron chi connectivity index (χ1n) is 10.2. The lowest BCUT2D eigenvalue weighted by atomic mass is 9.73. The minimum atomic E-state index is -0.444. The molecule has 1 aliphatic carbocycles. The molecule has 2 aromatic carbocycles. The predicted octanol–water partition coefficient (Wildman–Crippen LogP) is 3.84. The highest BCUT2D eigenvalue weighted by Gasteiger charge is 2.47. The van der Waals surface area contributed by atoms with Gasteiger partial charge < -0.3 is 9.47 Å². The van der Waals surface area contributed by atoms with E-state index in [1.807, 2.05) is 18.2 Å². The van der Waals surface area contributed by atoms with Crippen molar-refractivity contribution in [3.8, 4) is 5.75 Å². The zero-order chi connectivity index (χ0) is 19.6. The normalized spacial score (nSPS) is 22.7. The van der Waals surface area contributed by atoms with Gasteiger partial charge >= 0.3 is 0 Å². The number of ketones is 1. The van der Waals surface area contributed by atoms with Crippen LogP contribution in [0.15, 0.2) is 42.5 Å². The Hall–Kier alpha value is -2.17. The molecule has 0 radical (unpaired) electrons. The predicted molar refractivity (Wildman–Crippen MR) is 110 cm³/mol. The molecule has 1 saturated heterocycles. The zero-order valence-corrected chi connectivity index (χ0v) is 16.9. The van der Waals surface area contributed by atoms with Crippen LogP contribution in [0.25, 0.3) is 0 Å². The summed E-state index contributed by atoms with van der Waals surface area (Å²) in [7, 11) is 1.67. The van der Waals surface area contributed by atoms with Crippen LogP contribution in [0.4, 0.5) is 0 Å². The summed E-state index contributed by atoms with van der Waals surface area (Å²) >= 11 is 0. The second-order valence-electron chi connectivity index (χ2n) is 7.91. The number of benzene rings is 2. The molecule has 4 nitrogen and oxygen atoms in total. The molecular formula is C24H29NO3. The van der Waals surface area contributed by atoms with E-state index in [2.05, 4.69) is 36.1 Å². The van der Waals surface area contributed by atoms with Crippen molar-refractivity contribution in [3.05, 3.63) is 64.7 Å². The molecule has 0 saturated carbocycles. The van der Waals surface area contributed by atoms with Crippen LogP contribution in [0.1, 0.15) is 39.9 Å². The molecule has 0 amide bonds. The van der Waals surface area contributed by atoms with Crippen LogP contribution in [-0.2, 0) is 17.6 Å². The first kappa shape index (κ1) is 19.2. The number of aryl methyl sites for hydroxylation is 2. The molecule has 1 spiro atoms. The highest BCUT2D eigenvalue weighted by Crippen LogP contribution is 2.38. The average Bonchev–Trinajstić information content (AvgIpc) is 2.93. The largest absolute Gasteiger partial charge is 0.497 e. The molecule has 0 aromatic heterocycles. The van der Waals surface area contributed by atoms with Crippen molar-refractivity contribution in [2.75, 3.05) is 33.4 Å². The molecule has 0 bridgehead atoms. The molecule has 1 aliphatic heterocycles. The molecule has 4 rings (SSSR count). The summed E-state index contributed by atoms with van der Waals surface area (Å²) in [6.45, 7) is 5.19. The molecule has 1 unspecified atom stereocenters. The van der Waals surface area contributed by atoms with E-state index >= 15 is 0 Å².